The molecule has 0 aromatic heterocycles. The van der Waals surface area contributed by atoms with Crippen LogP contribution in [0, 0.1) is 11.3 Å². The molecule has 0 spiro atoms. The Morgan fingerprint density at radius 1 is 1.00 bits per heavy atom. The largest absolute Gasteiger partial charge is 0.378 e. The molecule has 33 heavy (non-hydrogen) atoms. The number of amides is 1. The molecule has 2 fully saturated rings. The minimum Gasteiger partial charge on any atom is -0.378 e. The molecule has 0 saturated carbocycles. The fourth-order valence-electron chi connectivity index (χ4n) is 4.19. The van der Waals surface area contributed by atoms with Crippen molar-refractivity contribution in [1.29, 1.82) is 5.26 Å². The molecule has 2 aromatic rings. The maximum atomic E-state index is 13.3. The Balaban J connectivity index is 1.65. The van der Waals surface area contributed by atoms with Crippen LogP contribution in [0.5, 0.6) is 0 Å². The highest BCUT2D eigenvalue weighted by atomic mass is 32.2. The van der Waals surface area contributed by atoms with Crippen molar-refractivity contribution in [2.75, 3.05) is 49.6 Å². The molecule has 2 saturated heterocycles. The zero-order chi connectivity index (χ0) is 23.3. The number of nitriles is 1. The van der Waals surface area contributed by atoms with E-state index in [-0.39, 0.29) is 10.8 Å². The molecule has 0 atom stereocenters. The lowest BCUT2D eigenvalue weighted by atomic mass is 10.1. The Labute approximate surface area is 194 Å². The van der Waals surface area contributed by atoms with Crippen molar-refractivity contribution < 1.29 is 17.9 Å². The first-order valence-corrected chi connectivity index (χ1v) is 12.7. The number of carbonyl (C=O) groups excluding carboxylic acids is 1. The molecule has 1 N–H and O–H groups in total. The zero-order valence-electron chi connectivity index (χ0n) is 18.5. The number of benzene rings is 2. The third-order valence-electron chi connectivity index (χ3n) is 6.01. The van der Waals surface area contributed by atoms with Gasteiger partial charge in [-0.1, -0.05) is 18.6 Å². The molecule has 4 rings (SSSR count). The lowest BCUT2D eigenvalue weighted by Crippen LogP contribution is -2.38. The first kappa shape index (κ1) is 23.2. The number of anilines is 2. The summed E-state index contributed by atoms with van der Waals surface area (Å²) in [4.78, 5) is 15.5. The average molecular weight is 469 g/mol. The van der Waals surface area contributed by atoms with E-state index in [1.54, 1.807) is 36.4 Å². The monoisotopic (exact) mass is 468 g/mol. The van der Waals surface area contributed by atoms with Crippen LogP contribution >= 0.6 is 0 Å². The number of hydrogen-bond acceptors (Lipinski definition) is 6. The molecular weight excluding hydrogens is 440 g/mol. The van der Waals surface area contributed by atoms with E-state index in [4.69, 9.17) is 10.00 Å². The summed E-state index contributed by atoms with van der Waals surface area (Å²) in [6, 6.07) is 14.0. The van der Waals surface area contributed by atoms with Gasteiger partial charge in [0.1, 0.15) is 0 Å². The van der Waals surface area contributed by atoms with Crippen molar-refractivity contribution >= 4 is 27.3 Å². The molecule has 8 nitrogen and oxygen atoms in total. The molecule has 0 unspecified atom stereocenters. The topological polar surface area (TPSA) is 103 Å². The predicted molar refractivity (Wildman–Crippen MR) is 126 cm³/mol. The van der Waals surface area contributed by atoms with E-state index in [2.05, 4.69) is 11.4 Å². The van der Waals surface area contributed by atoms with Crippen LogP contribution in [0.2, 0.25) is 0 Å². The van der Waals surface area contributed by atoms with E-state index in [1.807, 2.05) is 4.90 Å². The summed E-state index contributed by atoms with van der Waals surface area (Å²) in [5.74, 6) is -0.375. The Morgan fingerprint density at radius 2 is 1.70 bits per heavy atom. The molecule has 2 aliphatic heterocycles. The van der Waals surface area contributed by atoms with Gasteiger partial charge in [-0.15, -0.1) is 0 Å². The van der Waals surface area contributed by atoms with Gasteiger partial charge in [0.2, 0.25) is 10.0 Å². The first-order valence-electron chi connectivity index (χ1n) is 11.2. The van der Waals surface area contributed by atoms with Gasteiger partial charge in [0, 0.05) is 37.6 Å². The third kappa shape index (κ3) is 5.36. The third-order valence-corrected chi connectivity index (χ3v) is 7.91. The number of morpholine rings is 1. The number of piperidine rings is 1. The minimum absolute atomic E-state index is 0.135. The normalized spacial score (nSPS) is 17.4. The van der Waals surface area contributed by atoms with Gasteiger partial charge < -0.3 is 15.0 Å². The Kier molecular flexibility index (Phi) is 7.28. The van der Waals surface area contributed by atoms with Crippen LogP contribution in [-0.2, 0) is 21.2 Å². The van der Waals surface area contributed by atoms with E-state index < -0.39 is 10.0 Å². The van der Waals surface area contributed by atoms with Crippen LogP contribution in [0.15, 0.2) is 47.4 Å². The SMILES string of the molecule is N#CCc1ccc(NC(=O)c2cc(S(=O)(=O)N3CCCCC3)ccc2N2CCOCC2)cc1. The summed E-state index contributed by atoms with van der Waals surface area (Å²) in [5, 5.41) is 11.7. The Hall–Kier alpha value is -2.93. The summed E-state index contributed by atoms with van der Waals surface area (Å²) >= 11 is 0. The number of sulfonamides is 1. The number of nitrogens with zero attached hydrogens (tertiary/aromatic N) is 3. The number of rotatable bonds is 6. The molecule has 2 aromatic carbocycles. The molecule has 9 heteroatoms. The highest BCUT2D eigenvalue weighted by Gasteiger charge is 2.28. The standard InChI is InChI=1S/C24H28N4O4S/c25-11-10-19-4-6-20(7-5-19)26-24(29)22-18-21(33(30,31)28-12-2-1-3-13-28)8-9-23(22)27-14-16-32-17-15-27/h4-9,18H,1-3,10,12-17H2,(H,26,29). The summed E-state index contributed by atoms with van der Waals surface area (Å²) in [6.45, 7) is 3.36. The fourth-order valence-corrected chi connectivity index (χ4v) is 5.73. The smallest absolute Gasteiger partial charge is 0.257 e. The molecule has 0 bridgehead atoms. The molecule has 0 aliphatic carbocycles. The molecule has 2 aliphatic rings. The number of carbonyl (C=O) groups is 1. The fraction of sp³-hybridized carbons (Fsp3) is 0.417. The van der Waals surface area contributed by atoms with E-state index in [0.29, 0.717) is 62.8 Å². The van der Waals surface area contributed by atoms with Gasteiger partial charge in [0.05, 0.1) is 36.2 Å². The van der Waals surface area contributed by atoms with Crippen molar-refractivity contribution in [1.82, 2.24) is 4.31 Å². The van der Waals surface area contributed by atoms with Crippen molar-refractivity contribution in [3.05, 3.63) is 53.6 Å². The summed E-state index contributed by atoms with van der Waals surface area (Å²) in [5.41, 5.74) is 2.45. The predicted octanol–water partition coefficient (Wildman–Crippen LogP) is 3.02. The lowest BCUT2D eigenvalue weighted by molar-refractivity contribution is 0.102. The highest BCUT2D eigenvalue weighted by Crippen LogP contribution is 2.29. The maximum Gasteiger partial charge on any atom is 0.257 e. The van der Waals surface area contributed by atoms with E-state index in [1.165, 1.54) is 10.4 Å². The van der Waals surface area contributed by atoms with Crippen molar-refractivity contribution in [3.63, 3.8) is 0 Å². The van der Waals surface area contributed by atoms with Crippen molar-refractivity contribution in [3.8, 4) is 6.07 Å². The molecular formula is C24H28N4O4S. The molecule has 1 amide bonds. The van der Waals surface area contributed by atoms with Gasteiger partial charge in [-0.3, -0.25) is 4.79 Å². The highest BCUT2D eigenvalue weighted by molar-refractivity contribution is 7.89. The zero-order valence-corrected chi connectivity index (χ0v) is 19.3. The van der Waals surface area contributed by atoms with Gasteiger partial charge in [-0.2, -0.15) is 9.57 Å². The van der Waals surface area contributed by atoms with Gasteiger partial charge in [-0.05, 0) is 48.7 Å². The van der Waals surface area contributed by atoms with Crippen molar-refractivity contribution in [2.45, 2.75) is 30.6 Å². The first-order chi connectivity index (χ1) is 16.0. The summed E-state index contributed by atoms with van der Waals surface area (Å²) in [7, 11) is -3.67. The van der Waals surface area contributed by atoms with Gasteiger partial charge in [-0.25, -0.2) is 8.42 Å². The van der Waals surface area contributed by atoms with Gasteiger partial charge >= 0.3 is 0 Å². The Bertz CT molecular complexity index is 1130. The van der Waals surface area contributed by atoms with Crippen LogP contribution in [0.3, 0.4) is 0 Å². The quantitative estimate of drug-likeness (QED) is 0.699. The summed E-state index contributed by atoms with van der Waals surface area (Å²) in [6.07, 6.45) is 3.02. The van der Waals surface area contributed by atoms with Gasteiger partial charge in [0.25, 0.3) is 5.91 Å². The second kappa shape index (κ2) is 10.3. The van der Waals surface area contributed by atoms with E-state index in [0.717, 1.165) is 24.8 Å². The van der Waals surface area contributed by atoms with Crippen molar-refractivity contribution in [2.24, 2.45) is 0 Å². The molecule has 2 heterocycles. The van der Waals surface area contributed by atoms with E-state index in [9.17, 15) is 13.2 Å². The van der Waals surface area contributed by atoms with Crippen LogP contribution in [0.25, 0.3) is 0 Å². The number of ether oxygens (including phenoxy) is 1. The number of nitrogens with one attached hydrogen (secondary N) is 1. The average Bonchev–Trinajstić information content (AvgIpc) is 2.86. The van der Waals surface area contributed by atoms with Crippen LogP contribution in [-0.4, -0.2) is 58.0 Å². The van der Waals surface area contributed by atoms with Crippen LogP contribution < -0.4 is 10.2 Å². The lowest BCUT2D eigenvalue weighted by Gasteiger charge is -2.31. The maximum absolute atomic E-state index is 13.3. The summed E-state index contributed by atoms with van der Waals surface area (Å²) < 4.78 is 33.4. The van der Waals surface area contributed by atoms with Gasteiger partial charge in [0.15, 0.2) is 0 Å². The second-order valence-corrected chi connectivity index (χ2v) is 10.2. The van der Waals surface area contributed by atoms with E-state index >= 15 is 0 Å². The number of hydrogen-bond donors (Lipinski definition) is 1. The molecule has 0 radical (unpaired) electrons. The van der Waals surface area contributed by atoms with Crippen LogP contribution in [0.4, 0.5) is 11.4 Å². The molecule has 174 valence electrons. The minimum atomic E-state index is -3.67. The Morgan fingerprint density at radius 3 is 2.36 bits per heavy atom. The van der Waals surface area contributed by atoms with Crippen LogP contribution in [0.1, 0.15) is 35.2 Å². The second-order valence-electron chi connectivity index (χ2n) is 8.23.